The van der Waals surface area contributed by atoms with Gasteiger partial charge in [-0.15, -0.1) is 10.2 Å². The van der Waals surface area contributed by atoms with E-state index in [-0.39, 0.29) is 11.5 Å². The summed E-state index contributed by atoms with van der Waals surface area (Å²) in [6.07, 6.45) is 0. The number of benzene rings is 2. The predicted molar refractivity (Wildman–Crippen MR) is 120 cm³/mol. The molecule has 0 N–H and O–H groups in total. The molecule has 1 heterocycles. The molecular weight excluding hydrogens is 398 g/mol. The topological polar surface area (TPSA) is 66.2 Å². The van der Waals surface area contributed by atoms with E-state index in [1.165, 1.54) is 17.3 Å². The van der Waals surface area contributed by atoms with Gasteiger partial charge in [0.25, 0.3) is 0 Å². The molecule has 0 aliphatic rings. The molecule has 0 bridgehead atoms. The number of ether oxygens (including phenoxy) is 2. The van der Waals surface area contributed by atoms with Crippen LogP contribution in [0.1, 0.15) is 29.8 Å². The third kappa shape index (κ3) is 5.02. The van der Waals surface area contributed by atoms with Crippen LogP contribution in [0.3, 0.4) is 0 Å². The van der Waals surface area contributed by atoms with Crippen molar-refractivity contribution < 1.29 is 14.3 Å². The van der Waals surface area contributed by atoms with Crippen molar-refractivity contribution in [2.45, 2.75) is 32.5 Å². The van der Waals surface area contributed by atoms with Crippen molar-refractivity contribution in [2.24, 2.45) is 5.92 Å². The van der Waals surface area contributed by atoms with Crippen LogP contribution in [-0.2, 0) is 6.54 Å². The third-order valence-corrected chi connectivity index (χ3v) is 5.55. The molecule has 7 heteroatoms. The highest BCUT2D eigenvalue weighted by molar-refractivity contribution is 7.99. The Balaban J connectivity index is 1.82. The number of methoxy groups -OCH3 is 2. The molecule has 0 spiro atoms. The van der Waals surface area contributed by atoms with Crippen molar-refractivity contribution in [3.63, 3.8) is 0 Å². The van der Waals surface area contributed by atoms with Gasteiger partial charge in [0.05, 0.1) is 20.0 Å². The van der Waals surface area contributed by atoms with E-state index in [2.05, 4.69) is 47.7 Å². The number of hydrogen-bond acceptors (Lipinski definition) is 6. The highest BCUT2D eigenvalue weighted by Crippen LogP contribution is 2.29. The van der Waals surface area contributed by atoms with Gasteiger partial charge in [0.15, 0.2) is 28.3 Å². The van der Waals surface area contributed by atoms with E-state index < -0.39 is 0 Å². The largest absolute Gasteiger partial charge is 0.493 e. The summed E-state index contributed by atoms with van der Waals surface area (Å²) in [5.74, 6) is 2.65. The minimum Gasteiger partial charge on any atom is -0.493 e. The molecule has 0 saturated carbocycles. The van der Waals surface area contributed by atoms with Gasteiger partial charge in [0.1, 0.15) is 0 Å². The van der Waals surface area contributed by atoms with Crippen LogP contribution in [0, 0.1) is 12.8 Å². The number of Topliss-reactive ketones (excluding diaryl/α,β-unsaturated/α-hetero) is 1. The molecule has 0 atom stereocenters. The van der Waals surface area contributed by atoms with Crippen molar-refractivity contribution in [3.8, 4) is 22.9 Å². The number of aromatic nitrogens is 3. The second-order valence-corrected chi connectivity index (χ2v) is 8.40. The van der Waals surface area contributed by atoms with Crippen molar-refractivity contribution in [1.82, 2.24) is 14.8 Å². The van der Waals surface area contributed by atoms with Gasteiger partial charge in [0, 0.05) is 17.7 Å². The highest BCUT2D eigenvalue weighted by Gasteiger charge is 2.18. The maximum Gasteiger partial charge on any atom is 0.191 e. The van der Waals surface area contributed by atoms with E-state index >= 15 is 0 Å². The van der Waals surface area contributed by atoms with Gasteiger partial charge < -0.3 is 14.0 Å². The molecule has 0 saturated heterocycles. The van der Waals surface area contributed by atoms with Crippen LogP contribution >= 0.6 is 11.8 Å². The number of ketones is 1. The van der Waals surface area contributed by atoms with E-state index in [1.54, 1.807) is 32.4 Å². The zero-order valence-electron chi connectivity index (χ0n) is 18.0. The quantitative estimate of drug-likeness (QED) is 0.359. The Hall–Kier alpha value is -2.80. The van der Waals surface area contributed by atoms with Crippen molar-refractivity contribution in [2.75, 3.05) is 20.0 Å². The lowest BCUT2D eigenvalue weighted by atomic mass is 10.1. The summed E-state index contributed by atoms with van der Waals surface area (Å²) in [6, 6.07) is 13.4. The first-order chi connectivity index (χ1) is 14.4. The van der Waals surface area contributed by atoms with Gasteiger partial charge in [-0.3, -0.25) is 4.79 Å². The Morgan fingerprint density at radius 1 is 1.07 bits per heavy atom. The molecule has 3 rings (SSSR count). The molecule has 3 aromatic rings. The molecule has 1 aromatic heterocycles. The highest BCUT2D eigenvalue weighted by atomic mass is 32.2. The van der Waals surface area contributed by atoms with Gasteiger partial charge in [-0.2, -0.15) is 0 Å². The van der Waals surface area contributed by atoms with E-state index in [1.807, 2.05) is 12.1 Å². The summed E-state index contributed by atoms with van der Waals surface area (Å²) in [4.78, 5) is 12.8. The lowest BCUT2D eigenvalue weighted by Gasteiger charge is -2.13. The Morgan fingerprint density at radius 2 is 1.83 bits per heavy atom. The van der Waals surface area contributed by atoms with Gasteiger partial charge in [0.2, 0.25) is 0 Å². The monoisotopic (exact) mass is 425 g/mol. The zero-order valence-corrected chi connectivity index (χ0v) is 18.8. The van der Waals surface area contributed by atoms with Crippen molar-refractivity contribution in [3.05, 3.63) is 53.6 Å². The first kappa shape index (κ1) is 21.9. The minimum atomic E-state index is -0.00263. The summed E-state index contributed by atoms with van der Waals surface area (Å²) in [6.45, 7) is 7.15. The van der Waals surface area contributed by atoms with E-state index in [0.717, 1.165) is 23.1 Å². The number of carbonyl (C=O) groups excluding carboxylic acids is 1. The van der Waals surface area contributed by atoms with Gasteiger partial charge in [-0.05, 0) is 37.1 Å². The number of rotatable bonds is 9. The Labute approximate surface area is 181 Å². The fourth-order valence-corrected chi connectivity index (χ4v) is 3.99. The maximum absolute atomic E-state index is 12.8. The lowest BCUT2D eigenvalue weighted by molar-refractivity contribution is 0.102. The SMILES string of the molecule is COc1ccc(C(=O)CSc2nnc(-c3cccc(C)c3)n2CC(C)C)cc1OC. The fourth-order valence-electron chi connectivity index (χ4n) is 3.15. The van der Waals surface area contributed by atoms with Crippen LogP contribution in [-0.4, -0.2) is 40.5 Å². The number of nitrogens with zero attached hydrogens (tertiary/aromatic N) is 3. The lowest BCUT2D eigenvalue weighted by Crippen LogP contribution is -2.09. The fraction of sp³-hybridized carbons (Fsp3) is 0.348. The average molecular weight is 426 g/mol. The molecule has 30 heavy (non-hydrogen) atoms. The average Bonchev–Trinajstić information content (AvgIpc) is 3.13. The third-order valence-electron chi connectivity index (χ3n) is 4.58. The molecule has 2 aromatic carbocycles. The Kier molecular flexibility index (Phi) is 7.15. The van der Waals surface area contributed by atoms with E-state index in [4.69, 9.17) is 9.47 Å². The molecule has 0 aliphatic heterocycles. The summed E-state index contributed by atoms with van der Waals surface area (Å²) < 4.78 is 12.7. The molecule has 0 radical (unpaired) electrons. The Morgan fingerprint density at radius 3 is 2.50 bits per heavy atom. The minimum absolute atomic E-state index is 0.00263. The second kappa shape index (κ2) is 9.80. The van der Waals surface area contributed by atoms with Gasteiger partial charge in [-0.1, -0.05) is 49.4 Å². The molecule has 0 aliphatic carbocycles. The van der Waals surface area contributed by atoms with Crippen molar-refractivity contribution in [1.29, 1.82) is 0 Å². The smallest absolute Gasteiger partial charge is 0.191 e. The standard InChI is InChI=1S/C23H27N3O3S/c1-15(2)13-26-22(18-8-6-7-16(3)11-18)24-25-23(26)30-14-19(27)17-9-10-20(28-4)21(12-17)29-5/h6-12,15H,13-14H2,1-5H3. The van der Waals surface area contributed by atoms with Crippen LogP contribution in [0.2, 0.25) is 0 Å². The van der Waals surface area contributed by atoms with Gasteiger partial charge in [-0.25, -0.2) is 0 Å². The molecule has 158 valence electrons. The summed E-state index contributed by atoms with van der Waals surface area (Å²) in [5.41, 5.74) is 2.78. The van der Waals surface area contributed by atoms with Crippen molar-refractivity contribution >= 4 is 17.5 Å². The Bertz CT molecular complexity index is 1030. The summed E-state index contributed by atoms with van der Waals surface area (Å²) in [7, 11) is 3.13. The van der Waals surface area contributed by atoms with Crippen LogP contribution < -0.4 is 9.47 Å². The summed E-state index contributed by atoms with van der Waals surface area (Å²) in [5, 5.41) is 9.55. The molecule has 6 nitrogen and oxygen atoms in total. The predicted octanol–water partition coefficient (Wildman–Crippen LogP) is 4.90. The van der Waals surface area contributed by atoms with E-state index in [9.17, 15) is 4.79 Å². The summed E-state index contributed by atoms with van der Waals surface area (Å²) >= 11 is 1.40. The molecular formula is C23H27N3O3S. The molecule has 0 amide bonds. The van der Waals surface area contributed by atoms with Crippen LogP contribution in [0.15, 0.2) is 47.6 Å². The second-order valence-electron chi connectivity index (χ2n) is 7.46. The normalized spacial score (nSPS) is 11.0. The maximum atomic E-state index is 12.8. The first-order valence-electron chi connectivity index (χ1n) is 9.81. The van der Waals surface area contributed by atoms with Crippen LogP contribution in [0.25, 0.3) is 11.4 Å². The van der Waals surface area contributed by atoms with Crippen LogP contribution in [0.4, 0.5) is 0 Å². The number of carbonyl (C=O) groups is 1. The zero-order chi connectivity index (χ0) is 21.7. The van der Waals surface area contributed by atoms with Gasteiger partial charge >= 0.3 is 0 Å². The van der Waals surface area contributed by atoms with Crippen LogP contribution in [0.5, 0.6) is 11.5 Å². The molecule has 0 unspecified atom stereocenters. The number of hydrogen-bond donors (Lipinski definition) is 0. The number of aryl methyl sites for hydroxylation is 1. The molecule has 0 fully saturated rings. The van der Waals surface area contributed by atoms with E-state index in [0.29, 0.717) is 23.0 Å². The first-order valence-corrected chi connectivity index (χ1v) is 10.8. The number of thioether (sulfide) groups is 1.